The number of methoxy groups -OCH3 is 1. The molecular formula is C14H16N2O3S. The van der Waals surface area contributed by atoms with Crippen molar-refractivity contribution in [2.24, 2.45) is 0 Å². The number of rotatable bonds is 5. The summed E-state index contributed by atoms with van der Waals surface area (Å²) in [5.41, 5.74) is 0.981. The Balaban J connectivity index is 2.00. The third-order valence-corrected chi connectivity index (χ3v) is 3.93. The van der Waals surface area contributed by atoms with Crippen LogP contribution in [0.4, 0.5) is 5.82 Å². The molecule has 0 spiro atoms. The fourth-order valence-electron chi connectivity index (χ4n) is 1.65. The average Bonchev–Trinajstić information content (AvgIpc) is 2.45. The van der Waals surface area contributed by atoms with Crippen molar-refractivity contribution in [1.82, 2.24) is 4.98 Å². The molecule has 0 radical (unpaired) electrons. The first kappa shape index (κ1) is 14.3. The molecule has 1 aromatic carbocycles. The third-order valence-electron chi connectivity index (χ3n) is 2.80. The van der Waals surface area contributed by atoms with Gasteiger partial charge in [-0.2, -0.15) is 0 Å². The van der Waals surface area contributed by atoms with Gasteiger partial charge in [-0.25, -0.2) is 13.4 Å². The van der Waals surface area contributed by atoms with Crippen molar-refractivity contribution in [2.45, 2.75) is 11.4 Å². The molecule has 1 aromatic heterocycles. The molecule has 0 saturated carbocycles. The second-order valence-electron chi connectivity index (χ2n) is 4.35. The largest absolute Gasteiger partial charge is 0.495 e. The Kier molecular flexibility index (Phi) is 4.24. The molecule has 2 rings (SSSR count). The second kappa shape index (κ2) is 5.92. The zero-order chi connectivity index (χ0) is 14.6. The Morgan fingerprint density at radius 2 is 1.85 bits per heavy atom. The van der Waals surface area contributed by atoms with Crippen molar-refractivity contribution < 1.29 is 13.2 Å². The minimum Gasteiger partial charge on any atom is -0.495 e. The van der Waals surface area contributed by atoms with Gasteiger partial charge < -0.3 is 10.1 Å². The van der Waals surface area contributed by atoms with E-state index in [0.717, 1.165) is 11.4 Å². The maximum absolute atomic E-state index is 11.3. The van der Waals surface area contributed by atoms with Gasteiger partial charge in [0.2, 0.25) is 0 Å². The molecule has 1 N–H and O–H groups in total. The van der Waals surface area contributed by atoms with E-state index in [1.165, 1.54) is 6.26 Å². The Bertz CT molecular complexity index is 665. The van der Waals surface area contributed by atoms with E-state index in [1.54, 1.807) is 37.6 Å². The number of benzene rings is 1. The highest BCUT2D eigenvalue weighted by Crippen LogP contribution is 2.14. The molecular weight excluding hydrogens is 276 g/mol. The third kappa shape index (κ3) is 3.71. The Morgan fingerprint density at radius 3 is 2.35 bits per heavy atom. The van der Waals surface area contributed by atoms with Gasteiger partial charge in [-0.15, -0.1) is 0 Å². The predicted octanol–water partition coefficient (Wildman–Crippen LogP) is 2.11. The van der Waals surface area contributed by atoms with Crippen molar-refractivity contribution in [1.29, 1.82) is 0 Å². The molecule has 0 amide bonds. The highest BCUT2D eigenvalue weighted by atomic mass is 32.2. The SMILES string of the molecule is COc1ccc(NCc2ccc(S(C)(=O)=O)cc2)nc1. The summed E-state index contributed by atoms with van der Waals surface area (Å²) in [6.45, 7) is 0.573. The summed E-state index contributed by atoms with van der Waals surface area (Å²) >= 11 is 0. The maximum atomic E-state index is 11.3. The average molecular weight is 292 g/mol. The van der Waals surface area contributed by atoms with Crippen LogP contribution in [0.15, 0.2) is 47.5 Å². The molecule has 0 aliphatic carbocycles. The summed E-state index contributed by atoms with van der Waals surface area (Å²) in [7, 11) is -1.55. The van der Waals surface area contributed by atoms with Gasteiger partial charge in [-0.3, -0.25) is 0 Å². The van der Waals surface area contributed by atoms with Gasteiger partial charge in [-0.1, -0.05) is 12.1 Å². The van der Waals surface area contributed by atoms with E-state index in [2.05, 4.69) is 10.3 Å². The number of hydrogen-bond donors (Lipinski definition) is 1. The van der Waals surface area contributed by atoms with Gasteiger partial charge in [0.25, 0.3) is 0 Å². The number of nitrogens with one attached hydrogen (secondary N) is 1. The highest BCUT2D eigenvalue weighted by molar-refractivity contribution is 7.90. The van der Waals surface area contributed by atoms with Gasteiger partial charge in [0.05, 0.1) is 18.2 Å². The fourth-order valence-corrected chi connectivity index (χ4v) is 2.28. The van der Waals surface area contributed by atoms with Crippen LogP contribution < -0.4 is 10.1 Å². The molecule has 0 atom stereocenters. The molecule has 0 saturated heterocycles. The lowest BCUT2D eigenvalue weighted by molar-refractivity contribution is 0.413. The zero-order valence-corrected chi connectivity index (χ0v) is 12.1. The quantitative estimate of drug-likeness (QED) is 0.914. The summed E-state index contributed by atoms with van der Waals surface area (Å²) in [4.78, 5) is 4.51. The van der Waals surface area contributed by atoms with Crippen LogP contribution in [0.5, 0.6) is 5.75 Å². The molecule has 20 heavy (non-hydrogen) atoms. The minimum atomic E-state index is -3.14. The number of aromatic nitrogens is 1. The second-order valence-corrected chi connectivity index (χ2v) is 6.37. The summed E-state index contributed by atoms with van der Waals surface area (Å²) in [5, 5.41) is 3.15. The lowest BCUT2D eigenvalue weighted by Gasteiger charge is -2.07. The Labute approximate surface area is 118 Å². The molecule has 0 bridgehead atoms. The van der Waals surface area contributed by atoms with Crippen molar-refractivity contribution in [3.05, 3.63) is 48.2 Å². The molecule has 5 nitrogen and oxygen atoms in total. The van der Waals surface area contributed by atoms with E-state index in [-0.39, 0.29) is 0 Å². The van der Waals surface area contributed by atoms with Crippen LogP contribution in [0.2, 0.25) is 0 Å². The van der Waals surface area contributed by atoms with Crippen LogP contribution in [0.3, 0.4) is 0 Å². The fraction of sp³-hybridized carbons (Fsp3) is 0.214. The minimum absolute atomic E-state index is 0.323. The maximum Gasteiger partial charge on any atom is 0.175 e. The van der Waals surface area contributed by atoms with E-state index in [0.29, 0.717) is 17.2 Å². The first-order valence-corrected chi connectivity index (χ1v) is 7.91. The monoisotopic (exact) mass is 292 g/mol. The molecule has 0 aliphatic heterocycles. The van der Waals surface area contributed by atoms with Gasteiger partial charge >= 0.3 is 0 Å². The molecule has 2 aromatic rings. The smallest absolute Gasteiger partial charge is 0.175 e. The van der Waals surface area contributed by atoms with Crippen LogP contribution in [0, 0.1) is 0 Å². The normalized spacial score (nSPS) is 11.1. The summed E-state index contributed by atoms with van der Waals surface area (Å²) in [5.74, 6) is 1.44. The number of nitrogens with zero attached hydrogens (tertiary/aromatic N) is 1. The summed E-state index contributed by atoms with van der Waals surface area (Å²) < 4.78 is 27.7. The van der Waals surface area contributed by atoms with E-state index < -0.39 is 9.84 Å². The van der Waals surface area contributed by atoms with E-state index in [1.807, 2.05) is 12.1 Å². The summed E-state index contributed by atoms with van der Waals surface area (Å²) in [6, 6.07) is 10.4. The predicted molar refractivity (Wildman–Crippen MR) is 77.7 cm³/mol. The van der Waals surface area contributed by atoms with Gasteiger partial charge in [0.15, 0.2) is 9.84 Å². The highest BCUT2D eigenvalue weighted by Gasteiger charge is 2.05. The lowest BCUT2D eigenvalue weighted by atomic mass is 10.2. The molecule has 6 heteroatoms. The number of ether oxygens (including phenoxy) is 1. The zero-order valence-electron chi connectivity index (χ0n) is 11.3. The number of anilines is 1. The van der Waals surface area contributed by atoms with Crippen LogP contribution in [0.25, 0.3) is 0 Å². The number of pyridine rings is 1. The van der Waals surface area contributed by atoms with Crippen molar-refractivity contribution >= 4 is 15.7 Å². The standard InChI is InChI=1S/C14H16N2O3S/c1-19-12-5-8-14(16-10-12)15-9-11-3-6-13(7-4-11)20(2,17)18/h3-8,10H,9H2,1-2H3,(H,15,16). The Hall–Kier alpha value is -2.08. The van der Waals surface area contributed by atoms with Gasteiger partial charge in [0, 0.05) is 12.8 Å². The molecule has 0 unspecified atom stereocenters. The van der Waals surface area contributed by atoms with E-state index in [4.69, 9.17) is 4.74 Å². The van der Waals surface area contributed by atoms with Crippen molar-refractivity contribution in [3.63, 3.8) is 0 Å². The van der Waals surface area contributed by atoms with Gasteiger partial charge in [-0.05, 0) is 29.8 Å². The lowest BCUT2D eigenvalue weighted by Crippen LogP contribution is -2.02. The van der Waals surface area contributed by atoms with E-state index >= 15 is 0 Å². The van der Waals surface area contributed by atoms with Crippen LogP contribution >= 0.6 is 0 Å². The molecule has 106 valence electrons. The number of sulfone groups is 1. The first-order valence-electron chi connectivity index (χ1n) is 6.02. The molecule has 0 fully saturated rings. The number of hydrogen-bond acceptors (Lipinski definition) is 5. The Morgan fingerprint density at radius 1 is 1.15 bits per heavy atom. The molecule has 0 aliphatic rings. The van der Waals surface area contributed by atoms with Crippen molar-refractivity contribution in [3.8, 4) is 5.75 Å². The van der Waals surface area contributed by atoms with Crippen LogP contribution in [0.1, 0.15) is 5.56 Å². The van der Waals surface area contributed by atoms with E-state index in [9.17, 15) is 8.42 Å². The topological polar surface area (TPSA) is 68.3 Å². The van der Waals surface area contributed by atoms with Crippen LogP contribution in [-0.2, 0) is 16.4 Å². The first-order chi connectivity index (χ1) is 9.49. The van der Waals surface area contributed by atoms with Crippen LogP contribution in [-0.4, -0.2) is 26.8 Å². The van der Waals surface area contributed by atoms with Crippen molar-refractivity contribution in [2.75, 3.05) is 18.7 Å². The van der Waals surface area contributed by atoms with Gasteiger partial charge in [0.1, 0.15) is 11.6 Å². The molecule has 1 heterocycles. The summed E-state index contributed by atoms with van der Waals surface area (Å²) in [6.07, 6.45) is 2.83.